The van der Waals surface area contributed by atoms with Gasteiger partial charge in [-0.2, -0.15) is 0 Å². The quantitative estimate of drug-likeness (QED) is 0.833. The van der Waals surface area contributed by atoms with Gasteiger partial charge in [-0.05, 0) is 48.9 Å². The van der Waals surface area contributed by atoms with Crippen molar-refractivity contribution in [3.05, 3.63) is 34.7 Å². The number of aromatic hydroxyl groups is 1. The molecule has 1 aromatic rings. The topological polar surface area (TPSA) is 57.6 Å². The molecule has 0 unspecified atom stereocenters. The maximum absolute atomic E-state index is 12.0. The Labute approximate surface area is 109 Å². The molecule has 1 fully saturated rings. The zero-order chi connectivity index (χ0) is 13.3. The number of hydrogen-bond acceptors (Lipinski definition) is 4. The lowest BCUT2D eigenvalue weighted by Gasteiger charge is -2.08. The van der Waals surface area contributed by atoms with Crippen molar-refractivity contribution in [3.8, 4) is 5.75 Å². The van der Waals surface area contributed by atoms with Gasteiger partial charge in [0.15, 0.2) is 0 Å². The van der Waals surface area contributed by atoms with Gasteiger partial charge in [0.25, 0.3) is 11.1 Å². The number of amides is 2. The van der Waals surface area contributed by atoms with E-state index in [1.165, 1.54) is 4.90 Å². The molecule has 0 radical (unpaired) electrons. The molecule has 1 N–H and O–H groups in total. The molecule has 0 bridgehead atoms. The van der Waals surface area contributed by atoms with Crippen molar-refractivity contribution in [1.29, 1.82) is 0 Å². The van der Waals surface area contributed by atoms with Crippen LogP contribution in [-0.2, 0) is 4.79 Å². The predicted molar refractivity (Wildman–Crippen MR) is 71.1 cm³/mol. The third-order valence-corrected chi connectivity index (χ3v) is 3.89. The van der Waals surface area contributed by atoms with E-state index in [-0.39, 0.29) is 16.9 Å². The average Bonchev–Trinajstić information content (AvgIpc) is 2.64. The summed E-state index contributed by atoms with van der Waals surface area (Å²) in [5.74, 6) is -0.0636. The van der Waals surface area contributed by atoms with Crippen LogP contribution in [-0.4, -0.2) is 27.7 Å². The number of thioether (sulfide) groups is 1. The highest BCUT2D eigenvalue weighted by molar-refractivity contribution is 8.18. The van der Waals surface area contributed by atoms with E-state index >= 15 is 0 Å². The first-order valence-corrected chi connectivity index (χ1v) is 6.40. The summed E-state index contributed by atoms with van der Waals surface area (Å²) >= 11 is 0.968. The molecule has 1 saturated heterocycles. The van der Waals surface area contributed by atoms with E-state index < -0.39 is 0 Å². The zero-order valence-electron chi connectivity index (χ0n) is 10.1. The van der Waals surface area contributed by atoms with Crippen LogP contribution >= 0.6 is 11.8 Å². The molecule has 1 heterocycles. The molecule has 0 saturated carbocycles. The molecule has 0 aliphatic carbocycles. The Morgan fingerprint density at radius 2 is 1.89 bits per heavy atom. The number of phenols is 1. The van der Waals surface area contributed by atoms with Gasteiger partial charge in [0.05, 0.1) is 4.91 Å². The Morgan fingerprint density at radius 1 is 1.28 bits per heavy atom. The minimum absolute atomic E-state index is 0.174. The van der Waals surface area contributed by atoms with E-state index in [1.54, 1.807) is 38.1 Å². The van der Waals surface area contributed by atoms with Gasteiger partial charge in [0.2, 0.25) is 0 Å². The Balaban J connectivity index is 2.40. The highest BCUT2D eigenvalue weighted by Gasteiger charge is 2.35. The molecular weight excluding hydrogens is 250 g/mol. The summed E-state index contributed by atoms with van der Waals surface area (Å²) in [5.41, 5.74) is 1.59. The van der Waals surface area contributed by atoms with E-state index in [9.17, 15) is 14.7 Å². The number of hydrogen-bond donors (Lipinski definition) is 1. The fraction of sp³-hybridized carbons (Fsp3) is 0.231. The molecule has 1 aliphatic heterocycles. The van der Waals surface area contributed by atoms with E-state index in [1.807, 2.05) is 0 Å². The molecule has 1 aromatic carbocycles. The fourth-order valence-electron chi connectivity index (χ4n) is 1.74. The van der Waals surface area contributed by atoms with Gasteiger partial charge in [-0.1, -0.05) is 12.1 Å². The van der Waals surface area contributed by atoms with E-state index in [2.05, 4.69) is 0 Å². The zero-order valence-corrected chi connectivity index (χ0v) is 11.0. The van der Waals surface area contributed by atoms with Gasteiger partial charge < -0.3 is 5.11 Å². The number of nitrogens with zero attached hydrogens (tertiary/aromatic N) is 1. The van der Waals surface area contributed by atoms with Gasteiger partial charge in [-0.25, -0.2) is 0 Å². The largest absolute Gasteiger partial charge is 0.508 e. The minimum Gasteiger partial charge on any atom is -0.508 e. The van der Waals surface area contributed by atoms with E-state index in [0.29, 0.717) is 11.4 Å². The van der Waals surface area contributed by atoms with Gasteiger partial charge in [0.1, 0.15) is 5.75 Å². The van der Waals surface area contributed by atoms with Crippen molar-refractivity contribution >= 4 is 28.5 Å². The highest BCUT2D eigenvalue weighted by atomic mass is 32.2. The van der Waals surface area contributed by atoms with Crippen molar-refractivity contribution in [2.45, 2.75) is 13.8 Å². The average molecular weight is 263 g/mol. The predicted octanol–water partition coefficient (Wildman–Crippen LogP) is 2.84. The smallest absolute Gasteiger partial charge is 0.293 e. The number of phenolic OH excluding ortho intramolecular Hbond substituents is 1. The van der Waals surface area contributed by atoms with Gasteiger partial charge in [0, 0.05) is 6.54 Å². The number of likely N-dealkylation sites (N-methyl/N-ethyl adjacent to an activating group) is 1. The molecule has 0 atom stereocenters. The first-order chi connectivity index (χ1) is 8.54. The molecule has 1 aliphatic rings. The Bertz CT molecular complexity index is 534. The van der Waals surface area contributed by atoms with Crippen molar-refractivity contribution in [2.24, 2.45) is 0 Å². The second kappa shape index (κ2) is 4.86. The van der Waals surface area contributed by atoms with E-state index in [0.717, 1.165) is 22.9 Å². The number of imide groups is 1. The molecule has 5 heteroatoms. The summed E-state index contributed by atoms with van der Waals surface area (Å²) < 4.78 is 0. The summed E-state index contributed by atoms with van der Waals surface area (Å²) in [6.45, 7) is 3.96. The van der Waals surface area contributed by atoms with Crippen LogP contribution < -0.4 is 0 Å². The van der Waals surface area contributed by atoms with Crippen LogP contribution in [0.15, 0.2) is 29.2 Å². The van der Waals surface area contributed by atoms with Gasteiger partial charge in [-0.15, -0.1) is 0 Å². The standard InChI is InChI=1S/C13H13NO3S/c1-3-14-12(16)11(18-13(14)17)8(2)9-4-6-10(15)7-5-9/h4-7,15H,3H2,1-2H3/b11-8-. The lowest BCUT2D eigenvalue weighted by atomic mass is 10.1. The van der Waals surface area contributed by atoms with Crippen LogP contribution in [0.1, 0.15) is 19.4 Å². The van der Waals surface area contributed by atoms with E-state index in [4.69, 9.17) is 0 Å². The monoisotopic (exact) mass is 263 g/mol. The molecular formula is C13H13NO3S. The van der Waals surface area contributed by atoms with Crippen LogP contribution in [0.2, 0.25) is 0 Å². The van der Waals surface area contributed by atoms with Gasteiger partial charge in [-0.3, -0.25) is 14.5 Å². The second-order valence-electron chi connectivity index (χ2n) is 3.92. The number of carbonyl (C=O) groups excluding carboxylic acids is 2. The summed E-state index contributed by atoms with van der Waals surface area (Å²) in [6.07, 6.45) is 0. The van der Waals surface area contributed by atoms with Crippen molar-refractivity contribution in [1.82, 2.24) is 4.90 Å². The molecule has 94 valence electrons. The maximum Gasteiger partial charge on any atom is 0.293 e. The normalized spacial score (nSPS) is 18.4. The number of benzene rings is 1. The first-order valence-electron chi connectivity index (χ1n) is 5.58. The minimum atomic E-state index is -0.238. The fourth-order valence-corrected chi connectivity index (χ4v) is 2.71. The lowest BCUT2D eigenvalue weighted by Crippen LogP contribution is -2.27. The third-order valence-electron chi connectivity index (χ3n) is 2.81. The number of allylic oxidation sites excluding steroid dienone is 1. The molecule has 4 nitrogen and oxygen atoms in total. The first kappa shape index (κ1) is 12.7. The van der Waals surface area contributed by atoms with Crippen LogP contribution in [0.25, 0.3) is 5.57 Å². The van der Waals surface area contributed by atoms with Crippen molar-refractivity contribution in [3.63, 3.8) is 0 Å². The van der Waals surface area contributed by atoms with Crippen LogP contribution in [0.4, 0.5) is 4.79 Å². The van der Waals surface area contributed by atoms with Crippen LogP contribution in [0, 0.1) is 0 Å². The molecule has 2 rings (SSSR count). The number of carbonyl (C=O) groups is 2. The molecule has 0 aromatic heterocycles. The maximum atomic E-state index is 12.0. The molecule has 0 spiro atoms. The second-order valence-corrected chi connectivity index (χ2v) is 4.88. The SMILES string of the molecule is CCN1C(=O)S/C(=C(/C)c2ccc(O)cc2)C1=O. The Hall–Kier alpha value is -1.75. The summed E-state index contributed by atoms with van der Waals surface area (Å²) in [6, 6.07) is 6.57. The Morgan fingerprint density at radius 3 is 2.39 bits per heavy atom. The summed E-state index contributed by atoms with van der Waals surface area (Å²) in [4.78, 5) is 25.3. The summed E-state index contributed by atoms with van der Waals surface area (Å²) in [5, 5.41) is 9.00. The molecule has 2 amide bonds. The van der Waals surface area contributed by atoms with Crippen LogP contribution in [0.3, 0.4) is 0 Å². The number of rotatable bonds is 2. The molecule has 18 heavy (non-hydrogen) atoms. The summed E-state index contributed by atoms with van der Waals surface area (Å²) in [7, 11) is 0. The van der Waals surface area contributed by atoms with Gasteiger partial charge >= 0.3 is 0 Å². The third kappa shape index (κ3) is 2.13. The van der Waals surface area contributed by atoms with Crippen LogP contribution in [0.5, 0.6) is 5.75 Å². The lowest BCUT2D eigenvalue weighted by molar-refractivity contribution is -0.122. The Kier molecular flexibility index (Phi) is 3.43. The highest BCUT2D eigenvalue weighted by Crippen LogP contribution is 2.36. The van der Waals surface area contributed by atoms with Crippen molar-refractivity contribution < 1.29 is 14.7 Å². The van der Waals surface area contributed by atoms with Crippen molar-refractivity contribution in [2.75, 3.05) is 6.54 Å².